The average molecular weight is 270 g/mol. The quantitative estimate of drug-likeness (QED) is 0.865. The molecule has 2 rings (SSSR count). The third kappa shape index (κ3) is 2.34. The van der Waals surface area contributed by atoms with Crippen molar-refractivity contribution in [2.75, 3.05) is 13.1 Å². The molecule has 0 radical (unpaired) electrons. The van der Waals surface area contributed by atoms with Crippen molar-refractivity contribution in [3.63, 3.8) is 0 Å². The largest absolute Gasteiger partial charge is 0.508 e. The highest BCUT2D eigenvalue weighted by molar-refractivity contribution is 9.10. The minimum Gasteiger partial charge on any atom is -0.508 e. The van der Waals surface area contributed by atoms with Gasteiger partial charge in [-0.3, -0.25) is 0 Å². The number of benzene rings is 1. The van der Waals surface area contributed by atoms with E-state index in [1.165, 1.54) is 12.0 Å². The lowest BCUT2D eigenvalue weighted by Gasteiger charge is -2.13. The predicted molar refractivity (Wildman–Crippen MR) is 65.2 cm³/mol. The van der Waals surface area contributed by atoms with E-state index in [1.807, 2.05) is 6.07 Å². The molecule has 1 atom stereocenters. The molecule has 82 valence electrons. The molecule has 0 amide bonds. The summed E-state index contributed by atoms with van der Waals surface area (Å²) in [6.07, 6.45) is 2.17. The minimum atomic E-state index is 0.416. The molecule has 0 aliphatic carbocycles. The number of phenols is 1. The Morgan fingerprint density at radius 3 is 3.00 bits per heavy atom. The van der Waals surface area contributed by atoms with Crippen LogP contribution in [-0.4, -0.2) is 18.2 Å². The summed E-state index contributed by atoms with van der Waals surface area (Å²) < 4.78 is 1.06. The maximum Gasteiger partial charge on any atom is 0.119 e. The molecule has 1 aromatic rings. The van der Waals surface area contributed by atoms with Gasteiger partial charge >= 0.3 is 0 Å². The van der Waals surface area contributed by atoms with Crippen LogP contribution < -0.4 is 5.32 Å². The topological polar surface area (TPSA) is 32.3 Å². The standard InChI is InChI=1S/C12H16BrNO/c1-8-2-3-11(15)10(12(8)13)6-9-4-5-14-7-9/h2-3,9,14-15H,4-7H2,1H3. The Morgan fingerprint density at radius 1 is 1.53 bits per heavy atom. The van der Waals surface area contributed by atoms with E-state index in [4.69, 9.17) is 0 Å². The maximum absolute atomic E-state index is 9.83. The molecule has 0 bridgehead atoms. The second kappa shape index (κ2) is 4.54. The summed E-state index contributed by atoms with van der Waals surface area (Å²) in [6, 6.07) is 3.73. The summed E-state index contributed by atoms with van der Waals surface area (Å²) in [7, 11) is 0. The molecule has 1 aliphatic heterocycles. The number of phenolic OH excluding ortho intramolecular Hbond substituents is 1. The molecule has 1 unspecified atom stereocenters. The molecule has 2 nitrogen and oxygen atoms in total. The zero-order chi connectivity index (χ0) is 10.8. The number of nitrogens with one attached hydrogen (secondary N) is 1. The molecular weight excluding hydrogens is 254 g/mol. The van der Waals surface area contributed by atoms with E-state index < -0.39 is 0 Å². The lowest BCUT2D eigenvalue weighted by Crippen LogP contribution is -2.11. The van der Waals surface area contributed by atoms with Gasteiger partial charge in [0.1, 0.15) is 5.75 Å². The van der Waals surface area contributed by atoms with Crippen LogP contribution in [0.1, 0.15) is 17.5 Å². The van der Waals surface area contributed by atoms with E-state index in [2.05, 4.69) is 28.2 Å². The van der Waals surface area contributed by atoms with Crippen molar-refractivity contribution < 1.29 is 5.11 Å². The molecule has 0 saturated carbocycles. The maximum atomic E-state index is 9.83. The summed E-state index contributed by atoms with van der Waals surface area (Å²) in [6.45, 7) is 4.23. The Labute approximate surface area is 98.8 Å². The van der Waals surface area contributed by atoms with Gasteiger partial charge in [0.25, 0.3) is 0 Å². The summed E-state index contributed by atoms with van der Waals surface area (Å²) in [5.74, 6) is 1.08. The molecule has 1 saturated heterocycles. The highest BCUT2D eigenvalue weighted by Gasteiger charge is 2.18. The number of rotatable bonds is 2. The van der Waals surface area contributed by atoms with Crippen LogP contribution in [0.5, 0.6) is 5.75 Å². The first-order chi connectivity index (χ1) is 7.18. The fourth-order valence-electron chi connectivity index (χ4n) is 2.10. The van der Waals surface area contributed by atoms with Crippen molar-refractivity contribution in [1.82, 2.24) is 5.32 Å². The van der Waals surface area contributed by atoms with E-state index in [1.54, 1.807) is 6.07 Å². The predicted octanol–water partition coefficient (Wildman–Crippen LogP) is 2.62. The van der Waals surface area contributed by atoms with Crippen LogP contribution in [0.4, 0.5) is 0 Å². The van der Waals surface area contributed by atoms with Gasteiger partial charge in [0.2, 0.25) is 0 Å². The average Bonchev–Trinajstić information content (AvgIpc) is 2.71. The van der Waals surface area contributed by atoms with Crippen LogP contribution in [0.25, 0.3) is 0 Å². The normalized spacial score (nSPS) is 20.8. The molecule has 3 heteroatoms. The molecule has 1 heterocycles. The van der Waals surface area contributed by atoms with E-state index in [-0.39, 0.29) is 0 Å². The Kier molecular flexibility index (Phi) is 3.32. The highest BCUT2D eigenvalue weighted by atomic mass is 79.9. The Hall–Kier alpha value is -0.540. The van der Waals surface area contributed by atoms with Crippen molar-refractivity contribution in [3.8, 4) is 5.75 Å². The molecule has 0 spiro atoms. The van der Waals surface area contributed by atoms with Gasteiger partial charge in [0.15, 0.2) is 0 Å². The molecule has 0 aromatic heterocycles. The smallest absolute Gasteiger partial charge is 0.119 e. The fraction of sp³-hybridized carbons (Fsp3) is 0.500. The van der Waals surface area contributed by atoms with Gasteiger partial charge in [-0.2, -0.15) is 0 Å². The summed E-state index contributed by atoms with van der Waals surface area (Å²) in [5.41, 5.74) is 2.25. The molecular formula is C12H16BrNO. The van der Waals surface area contributed by atoms with Crippen LogP contribution in [-0.2, 0) is 6.42 Å². The molecule has 1 aliphatic rings. The SMILES string of the molecule is Cc1ccc(O)c(CC2CCNC2)c1Br. The zero-order valence-corrected chi connectivity index (χ0v) is 10.5. The molecule has 2 N–H and O–H groups in total. The second-order valence-electron chi connectivity index (χ2n) is 4.26. The van der Waals surface area contributed by atoms with Crippen molar-refractivity contribution in [2.45, 2.75) is 19.8 Å². The fourth-order valence-corrected chi connectivity index (χ4v) is 2.60. The van der Waals surface area contributed by atoms with Gasteiger partial charge in [-0.15, -0.1) is 0 Å². The Morgan fingerprint density at radius 2 is 2.33 bits per heavy atom. The van der Waals surface area contributed by atoms with Gasteiger partial charge in [-0.05, 0) is 50.4 Å². The van der Waals surface area contributed by atoms with E-state index in [9.17, 15) is 5.11 Å². The van der Waals surface area contributed by atoms with Gasteiger partial charge in [0, 0.05) is 10.0 Å². The van der Waals surface area contributed by atoms with Gasteiger partial charge in [-0.25, -0.2) is 0 Å². The number of aryl methyl sites for hydroxylation is 1. The van der Waals surface area contributed by atoms with Gasteiger partial charge in [0.05, 0.1) is 0 Å². The number of aromatic hydroxyl groups is 1. The van der Waals surface area contributed by atoms with E-state index in [0.29, 0.717) is 11.7 Å². The number of halogens is 1. The summed E-state index contributed by atoms with van der Waals surface area (Å²) >= 11 is 3.56. The lowest BCUT2D eigenvalue weighted by molar-refractivity contribution is 0.458. The van der Waals surface area contributed by atoms with Crippen molar-refractivity contribution in [2.24, 2.45) is 5.92 Å². The Balaban J connectivity index is 2.22. The van der Waals surface area contributed by atoms with Crippen molar-refractivity contribution in [3.05, 3.63) is 27.7 Å². The second-order valence-corrected chi connectivity index (χ2v) is 5.05. The summed E-state index contributed by atoms with van der Waals surface area (Å²) in [4.78, 5) is 0. The van der Waals surface area contributed by atoms with Crippen LogP contribution in [0.2, 0.25) is 0 Å². The third-order valence-corrected chi connectivity index (χ3v) is 4.17. The first-order valence-electron chi connectivity index (χ1n) is 5.36. The van der Waals surface area contributed by atoms with Crippen LogP contribution in [0.3, 0.4) is 0 Å². The number of hydrogen-bond donors (Lipinski definition) is 2. The van der Waals surface area contributed by atoms with Crippen molar-refractivity contribution >= 4 is 15.9 Å². The van der Waals surface area contributed by atoms with E-state index in [0.717, 1.165) is 29.5 Å². The highest BCUT2D eigenvalue weighted by Crippen LogP contribution is 2.32. The summed E-state index contributed by atoms with van der Waals surface area (Å²) in [5, 5.41) is 13.2. The lowest BCUT2D eigenvalue weighted by atomic mass is 9.97. The first kappa shape index (κ1) is 11.0. The van der Waals surface area contributed by atoms with Crippen LogP contribution in [0, 0.1) is 12.8 Å². The Bertz CT molecular complexity index is 359. The van der Waals surface area contributed by atoms with Crippen LogP contribution in [0.15, 0.2) is 16.6 Å². The first-order valence-corrected chi connectivity index (χ1v) is 6.15. The monoisotopic (exact) mass is 269 g/mol. The van der Waals surface area contributed by atoms with Gasteiger partial charge in [-0.1, -0.05) is 22.0 Å². The molecule has 1 fully saturated rings. The minimum absolute atomic E-state index is 0.416. The van der Waals surface area contributed by atoms with Crippen molar-refractivity contribution in [1.29, 1.82) is 0 Å². The molecule has 1 aromatic carbocycles. The molecule has 15 heavy (non-hydrogen) atoms. The zero-order valence-electron chi connectivity index (χ0n) is 8.89. The van der Waals surface area contributed by atoms with Gasteiger partial charge < -0.3 is 10.4 Å². The third-order valence-electron chi connectivity index (χ3n) is 3.07. The van der Waals surface area contributed by atoms with E-state index >= 15 is 0 Å². The van der Waals surface area contributed by atoms with Crippen LogP contribution >= 0.6 is 15.9 Å². The number of hydrogen-bond acceptors (Lipinski definition) is 2.